The predicted octanol–water partition coefficient (Wildman–Crippen LogP) is 1.16. The minimum atomic E-state index is -0.851. The van der Waals surface area contributed by atoms with Gasteiger partial charge < -0.3 is 24.3 Å². The van der Waals surface area contributed by atoms with Gasteiger partial charge in [0.25, 0.3) is 0 Å². The SMILES string of the molecule is COc1cc(CN2Cc3[nH]cnc3C[C@@H]2C(=O)O)cc2c1OCO2. The van der Waals surface area contributed by atoms with Crippen molar-refractivity contribution in [2.24, 2.45) is 0 Å². The van der Waals surface area contributed by atoms with E-state index in [1.165, 1.54) is 0 Å². The third-order valence-electron chi connectivity index (χ3n) is 4.39. The molecule has 2 N–H and O–H groups in total. The highest BCUT2D eigenvalue weighted by Gasteiger charge is 2.33. The van der Waals surface area contributed by atoms with E-state index in [0.29, 0.717) is 36.8 Å². The van der Waals surface area contributed by atoms with Crippen LogP contribution in [0.1, 0.15) is 17.0 Å². The first-order valence-electron chi connectivity index (χ1n) is 7.60. The van der Waals surface area contributed by atoms with Crippen LogP contribution in [-0.4, -0.2) is 45.9 Å². The molecule has 0 saturated carbocycles. The topological polar surface area (TPSA) is 96.9 Å². The summed E-state index contributed by atoms with van der Waals surface area (Å²) in [5.41, 5.74) is 2.69. The Bertz CT molecular complexity index is 788. The lowest BCUT2D eigenvalue weighted by Gasteiger charge is -2.32. The first kappa shape index (κ1) is 14.8. The molecule has 0 bridgehead atoms. The number of aliphatic carboxylic acids is 1. The van der Waals surface area contributed by atoms with Gasteiger partial charge in [0.1, 0.15) is 6.04 Å². The van der Waals surface area contributed by atoms with E-state index in [1.54, 1.807) is 13.4 Å². The molecule has 0 radical (unpaired) electrons. The van der Waals surface area contributed by atoms with Crippen molar-refractivity contribution < 1.29 is 24.1 Å². The third kappa shape index (κ3) is 2.44. The quantitative estimate of drug-likeness (QED) is 0.867. The van der Waals surface area contributed by atoms with Crippen LogP contribution in [0, 0.1) is 0 Å². The number of rotatable bonds is 4. The molecule has 2 aromatic rings. The summed E-state index contributed by atoms with van der Waals surface area (Å²) >= 11 is 0. The number of imidazole rings is 1. The maximum Gasteiger partial charge on any atom is 0.321 e. The van der Waals surface area contributed by atoms with E-state index in [2.05, 4.69) is 9.97 Å². The number of nitrogens with one attached hydrogen (secondary N) is 1. The standard InChI is InChI=1S/C16H17N3O5/c1-22-13-2-9(3-14-15(13)24-8-23-14)5-19-6-11-10(17-7-18-11)4-12(19)16(20)21/h2-3,7,12H,4-6,8H2,1H3,(H,17,18)(H,20,21)/t12-/m1/s1. The van der Waals surface area contributed by atoms with Crippen molar-refractivity contribution in [3.8, 4) is 17.2 Å². The number of methoxy groups -OCH3 is 1. The van der Waals surface area contributed by atoms with Crippen LogP contribution in [0.25, 0.3) is 0 Å². The fourth-order valence-electron chi connectivity index (χ4n) is 3.21. The molecule has 1 atom stereocenters. The van der Waals surface area contributed by atoms with Crippen molar-refractivity contribution in [3.63, 3.8) is 0 Å². The van der Waals surface area contributed by atoms with E-state index in [0.717, 1.165) is 17.0 Å². The van der Waals surface area contributed by atoms with E-state index in [-0.39, 0.29) is 6.79 Å². The number of fused-ring (bicyclic) bond motifs is 2. The molecule has 0 saturated heterocycles. The van der Waals surface area contributed by atoms with Gasteiger partial charge in [-0.1, -0.05) is 0 Å². The van der Waals surface area contributed by atoms with Gasteiger partial charge in [-0.25, -0.2) is 4.98 Å². The molecule has 0 fully saturated rings. The highest BCUT2D eigenvalue weighted by Crippen LogP contribution is 2.42. The number of hydrogen-bond donors (Lipinski definition) is 2. The highest BCUT2D eigenvalue weighted by molar-refractivity contribution is 5.74. The summed E-state index contributed by atoms with van der Waals surface area (Å²) in [5.74, 6) is 0.948. The Balaban J connectivity index is 1.63. The number of aromatic nitrogens is 2. The molecule has 3 heterocycles. The van der Waals surface area contributed by atoms with Crippen molar-refractivity contribution in [1.29, 1.82) is 0 Å². The van der Waals surface area contributed by atoms with Crippen LogP contribution in [0.3, 0.4) is 0 Å². The van der Waals surface area contributed by atoms with Gasteiger partial charge in [-0.3, -0.25) is 9.69 Å². The molecule has 1 aromatic carbocycles. The van der Waals surface area contributed by atoms with Crippen LogP contribution in [0.4, 0.5) is 0 Å². The Labute approximate surface area is 138 Å². The van der Waals surface area contributed by atoms with Crippen molar-refractivity contribution in [2.75, 3.05) is 13.9 Å². The summed E-state index contributed by atoms with van der Waals surface area (Å²) in [6, 6.07) is 3.11. The number of aromatic amines is 1. The lowest BCUT2D eigenvalue weighted by atomic mass is 10.0. The zero-order chi connectivity index (χ0) is 16.7. The molecule has 0 amide bonds. The minimum absolute atomic E-state index is 0.161. The summed E-state index contributed by atoms with van der Waals surface area (Å²) in [7, 11) is 1.57. The second-order valence-electron chi connectivity index (χ2n) is 5.82. The Hall–Kier alpha value is -2.74. The maximum absolute atomic E-state index is 11.6. The summed E-state index contributed by atoms with van der Waals surface area (Å²) in [6.07, 6.45) is 1.99. The zero-order valence-electron chi connectivity index (χ0n) is 13.1. The number of carbonyl (C=O) groups is 1. The van der Waals surface area contributed by atoms with E-state index in [9.17, 15) is 9.90 Å². The van der Waals surface area contributed by atoms with Gasteiger partial charge in [-0.2, -0.15) is 0 Å². The fraction of sp³-hybridized carbons (Fsp3) is 0.375. The highest BCUT2D eigenvalue weighted by atomic mass is 16.7. The predicted molar refractivity (Wildman–Crippen MR) is 82.1 cm³/mol. The second-order valence-corrected chi connectivity index (χ2v) is 5.82. The number of H-pyrrole nitrogens is 1. The summed E-state index contributed by atoms with van der Waals surface area (Å²) < 4.78 is 16.2. The van der Waals surface area contributed by atoms with Crippen molar-refractivity contribution >= 4 is 5.97 Å². The summed E-state index contributed by atoms with van der Waals surface area (Å²) in [6.45, 7) is 1.12. The number of benzene rings is 1. The molecule has 24 heavy (non-hydrogen) atoms. The van der Waals surface area contributed by atoms with Crippen LogP contribution in [0.5, 0.6) is 17.2 Å². The first-order valence-corrected chi connectivity index (χ1v) is 7.60. The van der Waals surface area contributed by atoms with Crippen LogP contribution in [0.2, 0.25) is 0 Å². The van der Waals surface area contributed by atoms with E-state index >= 15 is 0 Å². The van der Waals surface area contributed by atoms with Gasteiger partial charge >= 0.3 is 5.97 Å². The third-order valence-corrected chi connectivity index (χ3v) is 4.39. The van der Waals surface area contributed by atoms with Crippen molar-refractivity contribution in [3.05, 3.63) is 35.4 Å². The fourth-order valence-corrected chi connectivity index (χ4v) is 3.21. The maximum atomic E-state index is 11.6. The molecule has 0 spiro atoms. The molecule has 4 rings (SSSR count). The molecular formula is C16H17N3O5. The molecule has 0 aliphatic carbocycles. The first-order chi connectivity index (χ1) is 11.7. The van der Waals surface area contributed by atoms with Crippen LogP contribution >= 0.6 is 0 Å². The van der Waals surface area contributed by atoms with Gasteiger partial charge in [0.2, 0.25) is 12.5 Å². The number of hydrogen-bond acceptors (Lipinski definition) is 6. The molecule has 8 nitrogen and oxygen atoms in total. The number of carboxylic acid groups (broad SMARTS) is 1. The molecular weight excluding hydrogens is 314 g/mol. The van der Waals surface area contributed by atoms with E-state index < -0.39 is 12.0 Å². The Morgan fingerprint density at radius 3 is 3.17 bits per heavy atom. The minimum Gasteiger partial charge on any atom is -0.493 e. The van der Waals surface area contributed by atoms with Gasteiger partial charge in [-0.15, -0.1) is 0 Å². The molecule has 0 unspecified atom stereocenters. The lowest BCUT2D eigenvalue weighted by Crippen LogP contribution is -2.45. The largest absolute Gasteiger partial charge is 0.493 e. The van der Waals surface area contributed by atoms with E-state index in [4.69, 9.17) is 14.2 Å². The average Bonchev–Trinajstić information content (AvgIpc) is 3.21. The number of ether oxygens (including phenoxy) is 3. The molecule has 2 aliphatic heterocycles. The van der Waals surface area contributed by atoms with Gasteiger partial charge in [0.15, 0.2) is 11.5 Å². The molecule has 1 aromatic heterocycles. The normalized spacial score (nSPS) is 19.1. The lowest BCUT2D eigenvalue weighted by molar-refractivity contribution is -0.144. The van der Waals surface area contributed by atoms with Gasteiger partial charge in [0.05, 0.1) is 24.8 Å². The van der Waals surface area contributed by atoms with E-state index in [1.807, 2.05) is 17.0 Å². The Kier molecular flexibility index (Phi) is 3.53. The molecule has 126 valence electrons. The zero-order valence-corrected chi connectivity index (χ0v) is 13.1. The number of carboxylic acids is 1. The number of nitrogens with zero attached hydrogens (tertiary/aromatic N) is 2. The van der Waals surface area contributed by atoms with Crippen LogP contribution in [0.15, 0.2) is 18.5 Å². The summed E-state index contributed by atoms with van der Waals surface area (Å²) in [4.78, 5) is 20.8. The van der Waals surface area contributed by atoms with Crippen molar-refractivity contribution in [1.82, 2.24) is 14.9 Å². The van der Waals surface area contributed by atoms with Crippen LogP contribution in [-0.2, 0) is 24.3 Å². The smallest absolute Gasteiger partial charge is 0.321 e. The summed E-state index contributed by atoms with van der Waals surface area (Å²) in [5, 5.41) is 9.56. The molecule has 8 heteroatoms. The average molecular weight is 331 g/mol. The molecule has 2 aliphatic rings. The van der Waals surface area contributed by atoms with Gasteiger partial charge in [-0.05, 0) is 17.7 Å². The van der Waals surface area contributed by atoms with Crippen molar-refractivity contribution in [2.45, 2.75) is 25.6 Å². The monoisotopic (exact) mass is 331 g/mol. The second kappa shape index (κ2) is 5.72. The van der Waals surface area contributed by atoms with Gasteiger partial charge in [0, 0.05) is 19.5 Å². The Morgan fingerprint density at radius 1 is 1.50 bits per heavy atom. The van der Waals surface area contributed by atoms with Crippen LogP contribution < -0.4 is 14.2 Å². The Morgan fingerprint density at radius 2 is 2.38 bits per heavy atom.